The van der Waals surface area contributed by atoms with Crippen molar-refractivity contribution in [3.05, 3.63) is 42.0 Å². The Bertz CT molecular complexity index is 521. The lowest BCUT2D eigenvalue weighted by molar-refractivity contribution is 0.497. The van der Waals surface area contributed by atoms with Crippen molar-refractivity contribution >= 4 is 0 Å². The van der Waals surface area contributed by atoms with Crippen LogP contribution >= 0.6 is 0 Å². The molecule has 0 unspecified atom stereocenters. The van der Waals surface area contributed by atoms with Crippen molar-refractivity contribution in [2.75, 3.05) is 0 Å². The van der Waals surface area contributed by atoms with Gasteiger partial charge in [-0.2, -0.15) is 9.49 Å². The first-order valence-electron chi connectivity index (χ1n) is 5.69. The molecule has 1 heterocycles. The van der Waals surface area contributed by atoms with Gasteiger partial charge in [0.05, 0.1) is 11.3 Å². The van der Waals surface area contributed by atoms with Crippen LogP contribution in [-0.4, -0.2) is 9.78 Å². The summed E-state index contributed by atoms with van der Waals surface area (Å²) in [5.41, 5.74) is 2.11. The van der Waals surface area contributed by atoms with Crippen LogP contribution in [0, 0.1) is 5.95 Å². The summed E-state index contributed by atoms with van der Waals surface area (Å²) in [5.74, 6) is -0.277. The van der Waals surface area contributed by atoms with Crippen molar-refractivity contribution < 1.29 is 4.39 Å². The third-order valence-corrected chi connectivity index (χ3v) is 2.75. The Kier molecular flexibility index (Phi) is 2.77. The Morgan fingerprint density at radius 3 is 2.24 bits per heavy atom. The molecule has 0 amide bonds. The number of aromatic nitrogens is 2. The van der Waals surface area contributed by atoms with Crippen LogP contribution < -0.4 is 0 Å². The van der Waals surface area contributed by atoms with E-state index in [4.69, 9.17) is 0 Å². The molecule has 90 valence electrons. The van der Waals surface area contributed by atoms with E-state index in [1.807, 2.05) is 51.1 Å². The molecule has 0 aliphatic carbocycles. The second-order valence-electron chi connectivity index (χ2n) is 5.25. The zero-order chi connectivity index (χ0) is 12.6. The molecule has 0 saturated carbocycles. The van der Waals surface area contributed by atoms with Crippen molar-refractivity contribution in [2.24, 2.45) is 7.05 Å². The van der Waals surface area contributed by atoms with Gasteiger partial charge in [0.2, 0.25) is 5.95 Å². The fourth-order valence-electron chi connectivity index (χ4n) is 1.89. The molecule has 17 heavy (non-hydrogen) atoms. The second kappa shape index (κ2) is 3.99. The molecule has 1 aromatic carbocycles. The second-order valence-corrected chi connectivity index (χ2v) is 5.25. The third kappa shape index (κ3) is 2.09. The fourth-order valence-corrected chi connectivity index (χ4v) is 1.89. The van der Waals surface area contributed by atoms with Crippen molar-refractivity contribution in [3.63, 3.8) is 0 Å². The van der Waals surface area contributed by atoms with Crippen molar-refractivity contribution in [2.45, 2.75) is 26.2 Å². The van der Waals surface area contributed by atoms with Gasteiger partial charge in [-0.3, -0.25) is 0 Å². The summed E-state index contributed by atoms with van der Waals surface area (Å²) in [4.78, 5) is 0. The largest absolute Gasteiger partial charge is 0.242 e. The zero-order valence-corrected chi connectivity index (χ0v) is 10.7. The minimum atomic E-state index is -0.277. The minimum Gasteiger partial charge on any atom is -0.242 e. The molecular weight excluding hydrogens is 215 g/mol. The summed E-state index contributed by atoms with van der Waals surface area (Å²) >= 11 is 0. The van der Waals surface area contributed by atoms with Gasteiger partial charge in [-0.25, -0.2) is 4.68 Å². The molecule has 0 aliphatic heterocycles. The maximum Gasteiger partial charge on any atom is 0.219 e. The molecule has 0 fully saturated rings. The molecular formula is C14H17FN2. The van der Waals surface area contributed by atoms with E-state index < -0.39 is 0 Å². The Morgan fingerprint density at radius 1 is 1.12 bits per heavy atom. The van der Waals surface area contributed by atoms with Crippen LogP contribution in [0.15, 0.2) is 30.3 Å². The number of aryl methyl sites for hydroxylation is 1. The van der Waals surface area contributed by atoms with Gasteiger partial charge in [0, 0.05) is 12.5 Å². The summed E-state index contributed by atoms with van der Waals surface area (Å²) in [6.45, 7) is 6.13. The molecule has 2 aromatic rings. The summed E-state index contributed by atoms with van der Waals surface area (Å²) in [6.07, 6.45) is 0. The Balaban J connectivity index is 2.69. The normalized spacial score (nSPS) is 11.8. The average molecular weight is 232 g/mol. The maximum atomic E-state index is 14.1. The predicted octanol–water partition coefficient (Wildman–Crippen LogP) is 3.52. The average Bonchev–Trinajstić information content (AvgIpc) is 2.57. The highest BCUT2D eigenvalue weighted by molar-refractivity contribution is 5.67. The summed E-state index contributed by atoms with van der Waals surface area (Å²) < 4.78 is 15.4. The van der Waals surface area contributed by atoms with Gasteiger partial charge in [0.1, 0.15) is 0 Å². The Morgan fingerprint density at radius 2 is 1.71 bits per heavy atom. The van der Waals surface area contributed by atoms with Crippen LogP contribution in [0.3, 0.4) is 0 Å². The Hall–Kier alpha value is -1.64. The number of halogens is 1. The van der Waals surface area contributed by atoms with Crippen LogP contribution in [0.25, 0.3) is 11.1 Å². The van der Waals surface area contributed by atoms with Gasteiger partial charge in [-0.1, -0.05) is 51.1 Å². The van der Waals surface area contributed by atoms with Crippen molar-refractivity contribution in [3.8, 4) is 11.1 Å². The predicted molar refractivity (Wildman–Crippen MR) is 67.3 cm³/mol. The van der Waals surface area contributed by atoms with Gasteiger partial charge in [-0.05, 0) is 5.56 Å². The fraction of sp³-hybridized carbons (Fsp3) is 0.357. The smallest absolute Gasteiger partial charge is 0.219 e. The number of hydrogen-bond acceptors (Lipinski definition) is 1. The first-order chi connectivity index (χ1) is 7.91. The Labute approximate surface area is 101 Å². The summed E-state index contributed by atoms with van der Waals surface area (Å²) in [5, 5.41) is 4.30. The lowest BCUT2D eigenvalue weighted by Gasteiger charge is -2.17. The minimum absolute atomic E-state index is 0.173. The van der Waals surface area contributed by atoms with Crippen molar-refractivity contribution in [1.29, 1.82) is 0 Å². The van der Waals surface area contributed by atoms with Crippen LogP contribution in [0.5, 0.6) is 0 Å². The van der Waals surface area contributed by atoms with Crippen LogP contribution in [-0.2, 0) is 12.5 Å². The van der Waals surface area contributed by atoms with Gasteiger partial charge < -0.3 is 0 Å². The molecule has 3 heteroatoms. The van der Waals surface area contributed by atoms with E-state index in [2.05, 4.69) is 5.10 Å². The molecule has 2 nitrogen and oxygen atoms in total. The number of rotatable bonds is 1. The third-order valence-electron chi connectivity index (χ3n) is 2.75. The lowest BCUT2D eigenvalue weighted by atomic mass is 9.87. The molecule has 0 saturated heterocycles. The number of benzene rings is 1. The van der Waals surface area contributed by atoms with Crippen molar-refractivity contribution in [1.82, 2.24) is 9.78 Å². The molecule has 0 atom stereocenters. The summed E-state index contributed by atoms with van der Waals surface area (Å²) in [6, 6.07) is 9.57. The highest BCUT2D eigenvalue weighted by atomic mass is 19.1. The highest BCUT2D eigenvalue weighted by Gasteiger charge is 2.26. The van der Waals surface area contributed by atoms with E-state index in [-0.39, 0.29) is 11.4 Å². The highest BCUT2D eigenvalue weighted by Crippen LogP contribution is 2.33. The molecule has 0 radical (unpaired) electrons. The van der Waals surface area contributed by atoms with E-state index in [0.717, 1.165) is 11.3 Å². The molecule has 2 rings (SSSR count). The first kappa shape index (κ1) is 11.8. The molecule has 0 aliphatic rings. The van der Waals surface area contributed by atoms with Crippen LogP contribution in [0.1, 0.15) is 26.5 Å². The standard InChI is InChI=1S/C14H17FN2/c1-14(2,3)12-11(13(15)17(4)16-12)10-8-6-5-7-9-10/h5-9H,1-4H3. The van der Waals surface area contributed by atoms with Gasteiger partial charge in [0.25, 0.3) is 0 Å². The lowest BCUT2D eigenvalue weighted by Crippen LogP contribution is -2.13. The van der Waals surface area contributed by atoms with E-state index in [1.165, 1.54) is 4.68 Å². The number of hydrogen-bond donors (Lipinski definition) is 0. The van der Waals surface area contributed by atoms with E-state index in [1.54, 1.807) is 7.05 Å². The maximum absolute atomic E-state index is 14.1. The van der Waals surface area contributed by atoms with E-state index >= 15 is 0 Å². The van der Waals surface area contributed by atoms with Gasteiger partial charge in [-0.15, -0.1) is 0 Å². The van der Waals surface area contributed by atoms with Gasteiger partial charge in [0.15, 0.2) is 0 Å². The first-order valence-corrected chi connectivity index (χ1v) is 5.69. The SMILES string of the molecule is Cn1nc(C(C)(C)C)c(-c2ccccc2)c1F. The topological polar surface area (TPSA) is 17.8 Å². The van der Waals surface area contributed by atoms with E-state index in [9.17, 15) is 4.39 Å². The zero-order valence-electron chi connectivity index (χ0n) is 10.7. The quantitative estimate of drug-likeness (QED) is 0.735. The van der Waals surface area contributed by atoms with Gasteiger partial charge >= 0.3 is 0 Å². The van der Waals surface area contributed by atoms with Crippen LogP contribution in [0.4, 0.5) is 4.39 Å². The molecule has 1 aromatic heterocycles. The molecule has 0 spiro atoms. The molecule has 0 N–H and O–H groups in total. The van der Waals surface area contributed by atoms with E-state index in [0.29, 0.717) is 5.56 Å². The monoisotopic (exact) mass is 232 g/mol. The van der Waals surface area contributed by atoms with Crippen LogP contribution in [0.2, 0.25) is 0 Å². The summed E-state index contributed by atoms with van der Waals surface area (Å²) in [7, 11) is 1.64. The molecule has 0 bridgehead atoms. The number of nitrogens with zero attached hydrogens (tertiary/aromatic N) is 2.